The highest BCUT2D eigenvalue weighted by atomic mass is 32.1. The van der Waals surface area contributed by atoms with Gasteiger partial charge in [0.05, 0.1) is 16.0 Å². The smallest absolute Gasteiger partial charge is 0.281 e. The van der Waals surface area contributed by atoms with Crippen molar-refractivity contribution in [2.24, 2.45) is 5.10 Å². The van der Waals surface area contributed by atoms with Crippen molar-refractivity contribution in [2.45, 2.75) is 12.8 Å². The minimum Gasteiger partial charge on any atom is -0.371 e. The van der Waals surface area contributed by atoms with E-state index in [0.717, 1.165) is 28.7 Å². The van der Waals surface area contributed by atoms with Crippen molar-refractivity contribution >= 4 is 55.7 Å². The molecule has 1 N–H and O–H groups in total. The number of fused-ring (bicyclic) bond motifs is 2. The normalized spacial score (nSPS) is 13.9. The summed E-state index contributed by atoms with van der Waals surface area (Å²) >= 11 is 1.28. The SMILES string of the molecule is O=C(NN=Cc1ccc(N2CCCC2)c2ccccc12)c1cc2cc([N+](=O)[O-])ccc2s1. The number of carbonyl (C=O) groups excluding carboxylic acids is 1. The predicted molar refractivity (Wildman–Crippen MR) is 129 cm³/mol. The summed E-state index contributed by atoms with van der Waals surface area (Å²) in [5.41, 5.74) is 4.74. The summed E-state index contributed by atoms with van der Waals surface area (Å²) in [4.78, 5) is 25.9. The summed E-state index contributed by atoms with van der Waals surface area (Å²) in [6, 6.07) is 18.6. The van der Waals surface area contributed by atoms with E-state index in [2.05, 4.69) is 33.6 Å². The summed E-state index contributed by atoms with van der Waals surface area (Å²) in [6.07, 6.45) is 4.09. The first-order chi connectivity index (χ1) is 15.6. The minimum absolute atomic E-state index is 0.00420. The molecule has 0 aliphatic carbocycles. The van der Waals surface area contributed by atoms with E-state index in [9.17, 15) is 14.9 Å². The molecule has 8 heteroatoms. The van der Waals surface area contributed by atoms with Crippen LogP contribution in [0.3, 0.4) is 0 Å². The van der Waals surface area contributed by atoms with E-state index in [1.807, 2.05) is 18.2 Å². The number of nitro benzene ring substituents is 1. The van der Waals surface area contributed by atoms with Crippen LogP contribution in [0.2, 0.25) is 0 Å². The number of nitrogens with one attached hydrogen (secondary N) is 1. The average molecular weight is 445 g/mol. The first-order valence-electron chi connectivity index (χ1n) is 10.4. The van der Waals surface area contributed by atoms with E-state index in [1.165, 1.54) is 47.4 Å². The molecule has 0 saturated carbocycles. The lowest BCUT2D eigenvalue weighted by molar-refractivity contribution is -0.384. The standard InChI is InChI=1S/C24H20N4O3S/c29-24(23-14-17-13-18(28(30)31)8-10-22(17)32-23)26-25-15-16-7-9-21(27-11-3-4-12-27)20-6-2-1-5-19(16)20/h1-2,5-10,13-15H,3-4,11-12H2,(H,26,29). The van der Waals surface area contributed by atoms with Gasteiger partial charge in [0.25, 0.3) is 11.6 Å². The summed E-state index contributed by atoms with van der Waals surface area (Å²) in [7, 11) is 0. The van der Waals surface area contributed by atoms with Crippen LogP contribution in [0.15, 0.2) is 65.8 Å². The number of nitro groups is 1. The molecule has 4 aromatic rings. The lowest BCUT2D eigenvalue weighted by Crippen LogP contribution is -2.18. The number of hydrogen-bond donors (Lipinski definition) is 1. The highest BCUT2D eigenvalue weighted by molar-refractivity contribution is 7.20. The molecule has 1 aliphatic rings. The van der Waals surface area contributed by atoms with Gasteiger partial charge in [0.15, 0.2) is 0 Å². The van der Waals surface area contributed by atoms with Crippen molar-refractivity contribution in [3.8, 4) is 0 Å². The minimum atomic E-state index is -0.444. The van der Waals surface area contributed by atoms with Crippen LogP contribution in [0.25, 0.3) is 20.9 Å². The third kappa shape index (κ3) is 3.80. The van der Waals surface area contributed by atoms with Gasteiger partial charge in [-0.05, 0) is 36.4 Å². The number of nitrogens with zero attached hydrogens (tertiary/aromatic N) is 3. The van der Waals surface area contributed by atoms with Gasteiger partial charge in [-0.3, -0.25) is 14.9 Å². The van der Waals surface area contributed by atoms with Crippen molar-refractivity contribution in [1.29, 1.82) is 0 Å². The van der Waals surface area contributed by atoms with Gasteiger partial charge in [-0.15, -0.1) is 11.3 Å². The zero-order chi connectivity index (χ0) is 22.1. The highest BCUT2D eigenvalue weighted by Crippen LogP contribution is 2.31. The Labute approximate surface area is 188 Å². The first kappa shape index (κ1) is 20.1. The Morgan fingerprint density at radius 2 is 1.84 bits per heavy atom. The van der Waals surface area contributed by atoms with Crippen molar-refractivity contribution in [1.82, 2.24) is 5.43 Å². The van der Waals surface area contributed by atoms with Crippen LogP contribution in [-0.2, 0) is 0 Å². The maximum Gasteiger partial charge on any atom is 0.281 e. The molecule has 0 spiro atoms. The maximum absolute atomic E-state index is 12.6. The summed E-state index contributed by atoms with van der Waals surface area (Å²) in [5, 5.41) is 18.1. The van der Waals surface area contributed by atoms with Crippen molar-refractivity contribution in [3.05, 3.63) is 81.2 Å². The molecule has 3 aromatic carbocycles. The number of non-ortho nitro benzene ring substituents is 1. The molecule has 1 saturated heterocycles. The van der Waals surface area contributed by atoms with Crippen molar-refractivity contribution in [3.63, 3.8) is 0 Å². The van der Waals surface area contributed by atoms with Gasteiger partial charge in [0.2, 0.25) is 0 Å². The summed E-state index contributed by atoms with van der Waals surface area (Å²) in [6.45, 7) is 2.15. The van der Waals surface area contributed by atoms with Gasteiger partial charge in [0.1, 0.15) is 0 Å². The van der Waals surface area contributed by atoms with Gasteiger partial charge in [-0.25, -0.2) is 5.43 Å². The Hall–Kier alpha value is -3.78. The fourth-order valence-electron chi connectivity index (χ4n) is 4.12. The van der Waals surface area contributed by atoms with Gasteiger partial charge in [0, 0.05) is 51.9 Å². The lowest BCUT2D eigenvalue weighted by Gasteiger charge is -2.20. The molecule has 160 valence electrons. The second kappa shape index (κ2) is 8.39. The Morgan fingerprint density at radius 3 is 2.62 bits per heavy atom. The second-order valence-corrected chi connectivity index (χ2v) is 8.79. The van der Waals surface area contributed by atoms with E-state index in [4.69, 9.17) is 0 Å². The van der Waals surface area contributed by atoms with Crippen molar-refractivity contribution < 1.29 is 9.72 Å². The summed E-state index contributed by atoms with van der Waals surface area (Å²) < 4.78 is 0.813. The number of hydrazone groups is 1. The molecule has 0 bridgehead atoms. The molecule has 0 radical (unpaired) electrons. The third-order valence-electron chi connectivity index (χ3n) is 5.69. The number of carbonyl (C=O) groups is 1. The van der Waals surface area contributed by atoms with Crippen LogP contribution in [-0.4, -0.2) is 30.1 Å². The fourth-order valence-corrected chi connectivity index (χ4v) is 5.06. The maximum atomic E-state index is 12.6. The molecule has 1 amide bonds. The Morgan fingerprint density at radius 1 is 1.06 bits per heavy atom. The zero-order valence-electron chi connectivity index (χ0n) is 17.2. The monoisotopic (exact) mass is 444 g/mol. The van der Waals surface area contributed by atoms with Gasteiger partial charge in [-0.1, -0.05) is 30.3 Å². The molecule has 0 unspecified atom stereocenters. The number of rotatable bonds is 5. The number of benzene rings is 3. The number of hydrogen-bond acceptors (Lipinski definition) is 6. The predicted octanol–water partition coefficient (Wildman–Crippen LogP) is 5.33. The van der Waals surface area contributed by atoms with Crippen LogP contribution in [0.4, 0.5) is 11.4 Å². The topological polar surface area (TPSA) is 87.8 Å². The third-order valence-corrected chi connectivity index (χ3v) is 6.80. The van der Waals surface area contributed by atoms with Crippen molar-refractivity contribution in [2.75, 3.05) is 18.0 Å². The van der Waals surface area contributed by atoms with Gasteiger partial charge >= 0.3 is 0 Å². The molecule has 32 heavy (non-hydrogen) atoms. The van der Waals surface area contributed by atoms with Crippen LogP contribution in [0.1, 0.15) is 28.1 Å². The Balaban J connectivity index is 1.37. The molecule has 1 aromatic heterocycles. The number of thiophene rings is 1. The van der Waals surface area contributed by atoms with Gasteiger partial charge in [-0.2, -0.15) is 5.10 Å². The molecule has 5 rings (SSSR count). The largest absolute Gasteiger partial charge is 0.371 e. The van der Waals surface area contributed by atoms with E-state index in [1.54, 1.807) is 18.3 Å². The van der Waals surface area contributed by atoms with Crippen LogP contribution in [0.5, 0.6) is 0 Å². The van der Waals surface area contributed by atoms with E-state index < -0.39 is 4.92 Å². The molecular formula is C24H20N4O3S. The molecule has 0 atom stereocenters. The molecule has 1 fully saturated rings. The van der Waals surface area contributed by atoms with E-state index in [0.29, 0.717) is 10.3 Å². The van der Waals surface area contributed by atoms with Crippen LogP contribution < -0.4 is 10.3 Å². The highest BCUT2D eigenvalue weighted by Gasteiger charge is 2.16. The summed E-state index contributed by atoms with van der Waals surface area (Å²) in [5.74, 6) is -0.344. The molecular weight excluding hydrogens is 424 g/mol. The lowest BCUT2D eigenvalue weighted by atomic mass is 10.0. The number of amides is 1. The van der Waals surface area contributed by atoms with Gasteiger partial charge < -0.3 is 4.90 Å². The number of anilines is 1. The Bertz CT molecular complexity index is 1370. The first-order valence-corrected chi connectivity index (χ1v) is 11.2. The molecule has 7 nitrogen and oxygen atoms in total. The Kier molecular flexibility index (Phi) is 5.28. The average Bonchev–Trinajstić information content (AvgIpc) is 3.48. The fraction of sp³-hybridized carbons (Fsp3) is 0.167. The molecule has 1 aliphatic heterocycles. The van der Waals surface area contributed by atoms with E-state index >= 15 is 0 Å². The van der Waals surface area contributed by atoms with Crippen LogP contribution >= 0.6 is 11.3 Å². The molecule has 2 heterocycles. The van der Waals surface area contributed by atoms with E-state index in [-0.39, 0.29) is 11.6 Å². The zero-order valence-corrected chi connectivity index (χ0v) is 18.0. The second-order valence-electron chi connectivity index (χ2n) is 7.70. The van der Waals surface area contributed by atoms with Crippen LogP contribution in [0, 0.1) is 10.1 Å². The quantitative estimate of drug-likeness (QED) is 0.256.